The summed E-state index contributed by atoms with van der Waals surface area (Å²) in [6.45, 7) is 5.85. The summed E-state index contributed by atoms with van der Waals surface area (Å²) in [7, 11) is 0. The molecular formula is C25H31FN2O3. The van der Waals surface area contributed by atoms with Gasteiger partial charge >= 0.3 is 5.97 Å². The summed E-state index contributed by atoms with van der Waals surface area (Å²) in [5.41, 5.74) is 5.15. The number of carbonyl (C=O) groups excluding carboxylic acids is 2. The van der Waals surface area contributed by atoms with Crippen LogP contribution in [0.25, 0.3) is 0 Å². The van der Waals surface area contributed by atoms with Crippen LogP contribution in [0.2, 0.25) is 0 Å². The van der Waals surface area contributed by atoms with Crippen LogP contribution >= 0.6 is 0 Å². The lowest BCUT2D eigenvalue weighted by molar-refractivity contribution is -0.149. The molecule has 0 bridgehead atoms. The monoisotopic (exact) mass is 426 g/mol. The van der Waals surface area contributed by atoms with Gasteiger partial charge in [0.05, 0.1) is 12.5 Å². The molecule has 6 heteroatoms. The van der Waals surface area contributed by atoms with E-state index in [9.17, 15) is 14.0 Å². The van der Waals surface area contributed by atoms with Crippen LogP contribution in [0.5, 0.6) is 0 Å². The zero-order valence-corrected chi connectivity index (χ0v) is 18.5. The molecule has 2 heterocycles. The fourth-order valence-corrected chi connectivity index (χ4v) is 5.07. The average Bonchev–Trinajstić information content (AvgIpc) is 3.05. The van der Waals surface area contributed by atoms with Crippen LogP contribution in [0.4, 0.5) is 4.39 Å². The lowest BCUT2D eigenvalue weighted by atomic mass is 9.94. The quantitative estimate of drug-likeness (QED) is 0.671. The SMILES string of the molecule is CCOC(=O)C1CCN(C(=O)c2c(C)c3c(n2Cc2cccc(F)c2)CCCC3)CC1. The molecule has 0 radical (unpaired) electrons. The van der Waals surface area contributed by atoms with Gasteiger partial charge in [-0.15, -0.1) is 0 Å². The van der Waals surface area contributed by atoms with Crippen molar-refractivity contribution in [1.82, 2.24) is 9.47 Å². The van der Waals surface area contributed by atoms with Crippen LogP contribution in [0.15, 0.2) is 24.3 Å². The smallest absolute Gasteiger partial charge is 0.309 e. The highest BCUT2D eigenvalue weighted by molar-refractivity contribution is 5.95. The number of hydrogen-bond acceptors (Lipinski definition) is 3. The summed E-state index contributed by atoms with van der Waals surface area (Å²) in [5, 5.41) is 0. The van der Waals surface area contributed by atoms with Gasteiger partial charge in [-0.3, -0.25) is 9.59 Å². The van der Waals surface area contributed by atoms with Crippen LogP contribution in [0.1, 0.15) is 65.5 Å². The number of rotatable bonds is 5. The number of likely N-dealkylation sites (tertiary alicyclic amines) is 1. The number of benzene rings is 1. The van der Waals surface area contributed by atoms with Crippen molar-refractivity contribution in [2.24, 2.45) is 5.92 Å². The Kier molecular flexibility index (Phi) is 6.44. The van der Waals surface area contributed by atoms with E-state index in [0.717, 1.165) is 42.5 Å². The molecule has 0 spiro atoms. The number of amides is 1. The van der Waals surface area contributed by atoms with E-state index in [4.69, 9.17) is 4.74 Å². The first-order valence-electron chi connectivity index (χ1n) is 11.4. The second-order valence-electron chi connectivity index (χ2n) is 8.64. The minimum absolute atomic E-state index is 0.0191. The maximum Gasteiger partial charge on any atom is 0.309 e. The second kappa shape index (κ2) is 9.25. The number of ether oxygens (including phenoxy) is 1. The molecule has 0 unspecified atom stereocenters. The third-order valence-electron chi connectivity index (χ3n) is 6.68. The molecule has 1 aromatic carbocycles. The fourth-order valence-electron chi connectivity index (χ4n) is 5.07. The first kappa shape index (κ1) is 21.6. The van der Waals surface area contributed by atoms with Crippen LogP contribution in [-0.4, -0.2) is 41.0 Å². The van der Waals surface area contributed by atoms with Crippen molar-refractivity contribution in [3.63, 3.8) is 0 Å². The summed E-state index contributed by atoms with van der Waals surface area (Å²) in [6, 6.07) is 6.62. The third-order valence-corrected chi connectivity index (χ3v) is 6.68. The Hall–Kier alpha value is -2.63. The van der Waals surface area contributed by atoms with Crippen molar-refractivity contribution in [1.29, 1.82) is 0 Å². The van der Waals surface area contributed by atoms with Gasteiger partial charge in [0.25, 0.3) is 5.91 Å². The van der Waals surface area contributed by atoms with Crippen LogP contribution in [0, 0.1) is 18.7 Å². The molecule has 0 N–H and O–H groups in total. The lowest BCUT2D eigenvalue weighted by Crippen LogP contribution is -2.41. The van der Waals surface area contributed by atoms with Gasteiger partial charge in [-0.1, -0.05) is 12.1 Å². The number of nitrogens with zero attached hydrogens (tertiary/aromatic N) is 2. The largest absolute Gasteiger partial charge is 0.466 e. The standard InChI is InChI=1S/C25H31FN2O3/c1-3-31-25(30)19-11-13-27(14-12-19)24(29)23-17(2)21-9-4-5-10-22(21)28(23)16-18-7-6-8-20(26)15-18/h6-8,15,19H,3-5,9-14,16H2,1-2H3. The zero-order valence-electron chi connectivity index (χ0n) is 18.5. The van der Waals surface area contributed by atoms with Crippen LogP contribution in [-0.2, 0) is 28.9 Å². The summed E-state index contributed by atoms with van der Waals surface area (Å²) in [4.78, 5) is 27.6. The molecule has 0 saturated carbocycles. The van der Waals surface area contributed by atoms with Crippen molar-refractivity contribution in [2.75, 3.05) is 19.7 Å². The summed E-state index contributed by atoms with van der Waals surface area (Å²) >= 11 is 0. The number of piperidine rings is 1. The number of esters is 1. The van der Waals surface area contributed by atoms with Crippen molar-refractivity contribution in [3.8, 4) is 0 Å². The first-order chi connectivity index (χ1) is 15.0. The van der Waals surface area contributed by atoms with Gasteiger partial charge in [-0.2, -0.15) is 0 Å². The highest BCUT2D eigenvalue weighted by Gasteiger charge is 2.33. The molecule has 2 aromatic rings. The number of hydrogen-bond donors (Lipinski definition) is 0. The van der Waals surface area contributed by atoms with E-state index >= 15 is 0 Å². The van der Waals surface area contributed by atoms with E-state index in [-0.39, 0.29) is 23.6 Å². The molecule has 166 valence electrons. The Balaban J connectivity index is 1.61. The normalized spacial score (nSPS) is 16.8. The number of fused-ring (bicyclic) bond motifs is 1. The molecular weight excluding hydrogens is 395 g/mol. The van der Waals surface area contributed by atoms with E-state index in [0.29, 0.717) is 39.1 Å². The molecule has 1 fully saturated rings. The van der Waals surface area contributed by atoms with Gasteiger partial charge in [-0.25, -0.2) is 4.39 Å². The molecule has 2 aliphatic rings. The van der Waals surface area contributed by atoms with Crippen molar-refractivity contribution >= 4 is 11.9 Å². The summed E-state index contributed by atoms with van der Waals surface area (Å²) in [5.74, 6) is -0.525. The van der Waals surface area contributed by atoms with Crippen LogP contribution in [0.3, 0.4) is 0 Å². The first-order valence-corrected chi connectivity index (χ1v) is 11.4. The highest BCUT2D eigenvalue weighted by atomic mass is 19.1. The number of aromatic nitrogens is 1. The topological polar surface area (TPSA) is 51.5 Å². The minimum atomic E-state index is -0.260. The van der Waals surface area contributed by atoms with Gasteiger partial charge in [0.2, 0.25) is 0 Å². The van der Waals surface area contributed by atoms with E-state index in [2.05, 4.69) is 4.57 Å². The van der Waals surface area contributed by atoms with Gasteiger partial charge in [-0.05, 0) is 81.2 Å². The van der Waals surface area contributed by atoms with E-state index in [1.165, 1.54) is 17.3 Å². The Morgan fingerprint density at radius 1 is 1.16 bits per heavy atom. The molecule has 0 atom stereocenters. The minimum Gasteiger partial charge on any atom is -0.466 e. The number of carbonyl (C=O) groups is 2. The second-order valence-corrected chi connectivity index (χ2v) is 8.64. The molecule has 1 aliphatic heterocycles. The van der Waals surface area contributed by atoms with Crippen molar-refractivity contribution in [3.05, 3.63) is 58.2 Å². The zero-order chi connectivity index (χ0) is 22.0. The van der Waals surface area contributed by atoms with Crippen molar-refractivity contribution in [2.45, 2.75) is 58.9 Å². The highest BCUT2D eigenvalue weighted by Crippen LogP contribution is 2.32. The Morgan fingerprint density at radius 2 is 1.90 bits per heavy atom. The molecule has 5 nitrogen and oxygen atoms in total. The van der Waals surface area contributed by atoms with E-state index in [1.807, 2.05) is 24.8 Å². The predicted molar refractivity (Wildman–Crippen MR) is 117 cm³/mol. The predicted octanol–water partition coefficient (Wildman–Crippen LogP) is 4.28. The van der Waals surface area contributed by atoms with E-state index in [1.54, 1.807) is 12.1 Å². The molecule has 1 aromatic heterocycles. The molecule has 4 rings (SSSR count). The number of halogens is 1. The Bertz CT molecular complexity index is 973. The molecule has 1 aliphatic carbocycles. The summed E-state index contributed by atoms with van der Waals surface area (Å²) < 4.78 is 21.1. The average molecular weight is 427 g/mol. The van der Waals surface area contributed by atoms with Gasteiger partial charge in [0, 0.05) is 25.3 Å². The Labute approximate surface area is 183 Å². The summed E-state index contributed by atoms with van der Waals surface area (Å²) in [6.07, 6.45) is 5.45. The van der Waals surface area contributed by atoms with Gasteiger partial charge in [0.1, 0.15) is 11.5 Å². The molecule has 1 saturated heterocycles. The maximum absolute atomic E-state index is 13.8. The fraction of sp³-hybridized carbons (Fsp3) is 0.520. The lowest BCUT2D eigenvalue weighted by Gasteiger charge is -2.31. The third kappa shape index (κ3) is 4.39. The van der Waals surface area contributed by atoms with E-state index < -0.39 is 0 Å². The molecule has 1 amide bonds. The van der Waals surface area contributed by atoms with Crippen LogP contribution < -0.4 is 0 Å². The maximum atomic E-state index is 13.8. The molecule has 31 heavy (non-hydrogen) atoms. The van der Waals surface area contributed by atoms with Crippen molar-refractivity contribution < 1.29 is 18.7 Å². The van der Waals surface area contributed by atoms with Gasteiger partial charge in [0.15, 0.2) is 0 Å². The van der Waals surface area contributed by atoms with Gasteiger partial charge < -0.3 is 14.2 Å². The Morgan fingerprint density at radius 3 is 2.61 bits per heavy atom.